The van der Waals surface area contributed by atoms with Gasteiger partial charge in [0.15, 0.2) is 11.9 Å². The average Bonchev–Trinajstić information content (AvgIpc) is 1.77. The third-order valence-corrected chi connectivity index (χ3v) is 25.1. The number of carboxylic acids is 1. The Kier molecular flexibility index (Phi) is 44.4. The monoisotopic (exact) mass is 2020 g/mol. The minimum absolute atomic E-state index is 0.0110. The predicted molar refractivity (Wildman–Crippen MR) is 540 cm³/mol. The van der Waals surface area contributed by atoms with Crippen LogP contribution >= 0.6 is 11.8 Å². The molecular weight excluding hydrogens is 1890 g/mol. The first-order valence-corrected chi connectivity index (χ1v) is 48.6. The van der Waals surface area contributed by atoms with Crippen LogP contribution in [-0.4, -0.2) is 284 Å². The third kappa shape index (κ3) is 36.3. The molecule has 145 heavy (non-hydrogen) atoms. The van der Waals surface area contributed by atoms with Gasteiger partial charge in [-0.1, -0.05) is 169 Å². The van der Waals surface area contributed by atoms with Gasteiger partial charge < -0.3 is 132 Å². The molecule has 7 aromatic rings. The molecule has 1 saturated heterocycles. The number of phenols is 2. The number of amides is 16. The Hall–Kier alpha value is -15.7. The number of carbonyl (C=O) groups is 17. The minimum atomic E-state index is -2.09. The number of hydrogen-bond donors (Lipinski definition) is 25. The van der Waals surface area contributed by atoms with Crippen molar-refractivity contribution in [2.24, 2.45) is 35.0 Å². The quantitative estimate of drug-likeness (QED) is 0.0151. The molecule has 0 spiro atoms. The molecule has 0 unspecified atom stereocenters. The van der Waals surface area contributed by atoms with Gasteiger partial charge in [0.05, 0.1) is 25.3 Å². The Morgan fingerprint density at radius 3 is 1.37 bits per heavy atom. The molecule has 0 radical (unpaired) electrons. The topological polar surface area (TPSA) is 700 Å². The molecule has 14 atom stereocenters. The number of nitrogens with zero attached hydrogens (tertiary/aromatic N) is 2. The summed E-state index contributed by atoms with van der Waals surface area (Å²) >= 11 is 0.699. The zero-order chi connectivity index (χ0) is 106. The fraction of sp³-hybridized carbons (Fsp3) is 0.430. The van der Waals surface area contributed by atoms with E-state index in [0.717, 1.165) is 20.9 Å². The van der Waals surface area contributed by atoms with Gasteiger partial charge in [0.2, 0.25) is 94.5 Å². The molecular formula is C100H133N23O21S. The van der Waals surface area contributed by atoms with E-state index in [0.29, 0.717) is 44.9 Å². The Balaban J connectivity index is 1.24. The lowest BCUT2D eigenvalue weighted by Crippen LogP contribution is -2.62. The van der Waals surface area contributed by atoms with Crippen molar-refractivity contribution in [1.82, 2.24) is 94.5 Å². The van der Waals surface area contributed by atoms with Crippen LogP contribution < -0.4 is 97.0 Å². The summed E-state index contributed by atoms with van der Waals surface area (Å²) in [5.41, 5.74) is 20.9. The molecule has 6 aromatic carbocycles. The lowest BCUT2D eigenvalue weighted by molar-refractivity contribution is -0.148. The molecule has 780 valence electrons. The molecule has 1 aliphatic rings. The molecule has 16 amide bonds. The van der Waals surface area contributed by atoms with Crippen molar-refractivity contribution in [2.45, 2.75) is 204 Å². The molecule has 1 aromatic heterocycles. The summed E-state index contributed by atoms with van der Waals surface area (Å²) in [7, 11) is 2.51. The van der Waals surface area contributed by atoms with Crippen molar-refractivity contribution >= 4 is 135 Å². The van der Waals surface area contributed by atoms with Crippen LogP contribution in [0.1, 0.15) is 115 Å². The van der Waals surface area contributed by atoms with Gasteiger partial charge in [0, 0.05) is 82.1 Å². The fourth-order valence-corrected chi connectivity index (χ4v) is 16.8. The highest BCUT2D eigenvalue weighted by atomic mass is 32.2. The average molecular weight is 2030 g/mol. The zero-order valence-electron chi connectivity index (χ0n) is 82.2. The lowest BCUT2D eigenvalue weighted by atomic mass is 9.98. The number of carbonyl (C=O) groups excluding carboxylic acids is 16. The number of H-pyrrole nitrogens is 1. The number of aromatic nitrogens is 1. The summed E-state index contributed by atoms with van der Waals surface area (Å²) in [4.78, 5) is 256. The molecule has 44 nitrogen and oxygen atoms in total. The first-order valence-electron chi connectivity index (χ1n) is 47.5. The fourth-order valence-electron chi connectivity index (χ4n) is 15.9. The van der Waals surface area contributed by atoms with Crippen molar-refractivity contribution in [1.29, 1.82) is 10.8 Å². The first kappa shape index (κ1) is 115. The van der Waals surface area contributed by atoms with E-state index in [-0.39, 0.29) is 93.9 Å². The van der Waals surface area contributed by atoms with Gasteiger partial charge in [0.25, 0.3) is 0 Å². The van der Waals surface area contributed by atoms with Crippen molar-refractivity contribution in [3.63, 3.8) is 0 Å². The number of para-hydroxylation sites is 1. The zero-order valence-corrected chi connectivity index (χ0v) is 83.0. The highest BCUT2D eigenvalue weighted by Gasteiger charge is 2.42. The van der Waals surface area contributed by atoms with Crippen molar-refractivity contribution < 1.29 is 102 Å². The molecule has 0 aliphatic carbocycles. The van der Waals surface area contributed by atoms with Crippen LogP contribution in [0.5, 0.6) is 11.5 Å². The van der Waals surface area contributed by atoms with E-state index in [2.05, 4.69) is 84.7 Å². The van der Waals surface area contributed by atoms with E-state index in [1.807, 2.05) is 30.3 Å². The number of benzene rings is 6. The standard InChI is InChI=1S/C100H133N23O21S/c1-54(2)42-71-91(137)120-84(56(5)6)96(142)118-77(51-124)93(139)119-78(85(131)109-50-80(101)127)52-145-53-81(128)110-72(43-58-20-12-10-13-21-58)87(133)114-73(45-60-30-36-65(125)37-31-60)89(135)116-76(48-82(129)130)90(136)115-75(47-64-49-108-68-25-17-16-24-67(64)68)92(138)121-83(55(3)4)95(141)117-74(44-59-28-34-63(35-29-59)62-22-14-11-15-23-62)88(134)112-70(27-19-41-107-100(104)105)98(144)122(8)57(7)97(143)123(9)79(46-61-32-38-66(126)39-33-61)94(140)111-69(86(132)113-71)26-18-40-106-99(102)103/h10-17,20-25,28-39,49,54-57,69-79,83-84,108,124-126H,18-19,26-27,40-48,50-53H2,1-9H3,(H2,101,127)(H,109,131)(H,110,128)(H,111,140)(H,112,134)(H,113,132)(H,114,133)(H,115,136)(H,116,135)(H,117,141)(H,118,142)(H,119,139)(H,120,137)(H,121,138)(H,129,130)(H4,102,103,106)(H4,104,105,107)/t57-,69-,70-,71-,72-,73-,74-,75-,76-,77-,78-,79-,83-,84-/m0/s1. The number of rotatable bonds is 29. The second-order valence-electron chi connectivity index (χ2n) is 36.6. The van der Waals surface area contributed by atoms with Gasteiger partial charge in [-0.15, -0.1) is 11.8 Å². The van der Waals surface area contributed by atoms with E-state index in [4.69, 9.17) is 28.0 Å². The Morgan fingerprint density at radius 2 is 0.855 bits per heavy atom. The van der Waals surface area contributed by atoms with E-state index < -0.39 is 246 Å². The van der Waals surface area contributed by atoms with Crippen LogP contribution in [0.15, 0.2) is 164 Å². The highest BCUT2D eigenvalue weighted by molar-refractivity contribution is 8.00. The van der Waals surface area contributed by atoms with Crippen molar-refractivity contribution in [3.05, 3.63) is 192 Å². The van der Waals surface area contributed by atoms with Gasteiger partial charge in [-0.2, -0.15) is 0 Å². The number of aromatic amines is 1. The highest BCUT2D eigenvalue weighted by Crippen LogP contribution is 2.25. The summed E-state index contributed by atoms with van der Waals surface area (Å²) in [6.45, 7) is 8.95. The molecule has 0 saturated carbocycles. The molecule has 2 heterocycles. The molecule has 8 rings (SSSR count). The van der Waals surface area contributed by atoms with Crippen LogP contribution in [0.3, 0.4) is 0 Å². The van der Waals surface area contributed by atoms with E-state index in [1.165, 1.54) is 83.4 Å². The number of guanidine groups is 2. The Bertz CT molecular complexity index is 5680. The molecule has 0 bridgehead atoms. The summed E-state index contributed by atoms with van der Waals surface area (Å²) in [5.74, 6) is -22.6. The van der Waals surface area contributed by atoms with E-state index >= 15 is 47.9 Å². The maximum Gasteiger partial charge on any atom is 0.305 e. The van der Waals surface area contributed by atoms with Crippen molar-refractivity contribution in [3.8, 4) is 22.6 Å². The van der Waals surface area contributed by atoms with Crippen LogP contribution in [-0.2, 0) is 114 Å². The number of aliphatic carboxylic acids is 1. The van der Waals surface area contributed by atoms with Crippen LogP contribution in [0, 0.1) is 28.6 Å². The number of carboxylic acid groups (broad SMARTS) is 1. The maximum atomic E-state index is 15.7. The number of aromatic hydroxyl groups is 2. The molecule has 28 N–H and O–H groups in total. The number of nitrogens with one attached hydrogen (secondary N) is 18. The number of hydrogen-bond acceptors (Lipinski definition) is 23. The van der Waals surface area contributed by atoms with Crippen LogP contribution in [0.2, 0.25) is 0 Å². The Labute approximate surface area is 842 Å². The first-order chi connectivity index (χ1) is 68.9. The predicted octanol–water partition coefficient (Wildman–Crippen LogP) is -1.05. The van der Waals surface area contributed by atoms with E-state index in [1.54, 1.807) is 113 Å². The number of aliphatic hydroxyl groups excluding tert-OH is 1. The Morgan fingerprint density at radius 1 is 0.441 bits per heavy atom. The molecule has 1 aliphatic heterocycles. The van der Waals surface area contributed by atoms with Gasteiger partial charge in [-0.25, -0.2) is 0 Å². The smallest absolute Gasteiger partial charge is 0.305 e. The summed E-state index contributed by atoms with van der Waals surface area (Å²) < 4.78 is 0. The van der Waals surface area contributed by atoms with Gasteiger partial charge in [0.1, 0.15) is 96.1 Å². The number of likely N-dealkylation sites (N-methyl/N-ethyl adjacent to an activating group) is 2. The minimum Gasteiger partial charge on any atom is -0.508 e. The number of fused-ring (bicyclic) bond motifs is 1. The normalized spacial score (nSPS) is 22.3. The summed E-state index contributed by atoms with van der Waals surface area (Å²) in [5, 5.41) is 97.6. The lowest BCUT2D eigenvalue weighted by Gasteiger charge is -2.35. The number of thioether (sulfide) groups is 1. The van der Waals surface area contributed by atoms with Crippen LogP contribution in [0.25, 0.3) is 22.0 Å². The number of phenolic OH excluding ortho intramolecular Hbond substituents is 2. The van der Waals surface area contributed by atoms with Gasteiger partial charge in [-0.3, -0.25) is 92.3 Å². The second kappa shape index (κ2) is 56.2. The largest absolute Gasteiger partial charge is 0.508 e. The molecule has 1 fully saturated rings. The number of primary amides is 1. The van der Waals surface area contributed by atoms with Crippen LogP contribution in [0.4, 0.5) is 0 Å². The van der Waals surface area contributed by atoms with Gasteiger partial charge >= 0.3 is 5.97 Å². The van der Waals surface area contributed by atoms with Gasteiger partial charge in [-0.05, 0) is 126 Å². The van der Waals surface area contributed by atoms with Crippen molar-refractivity contribution in [2.75, 3.05) is 51.8 Å². The number of aliphatic hydroxyl groups is 1. The SMILES string of the molecule is CC(C)C[C@@H]1NC(=O)[C@H](CCCNC(=N)N)NC(=O)[C@H](Cc2ccc(O)cc2)N(C)C(=O)[C@H](C)N(C)C(=O)[C@H](CCCNC(=N)N)NC(=O)[C@H](Cc2ccc(-c3ccccc3)cc2)NC(=O)[C@H](C(C)C)NC(=O)[C@H](Cc2c[nH]c3ccccc23)NC(=O)[C@H](CC(=O)O)NC(=O)[C@H](Cc2ccc(O)cc2)NC(=O)[C@H](Cc2ccccc2)NC(=O)CSC[C@@H](C(=O)NCC(N)=O)NC(=O)[C@H](CO)NC(=O)[C@H](C(C)C)NC1=O. The molecule has 45 heteroatoms. The second-order valence-corrected chi connectivity index (χ2v) is 37.6. The van der Waals surface area contributed by atoms with E-state index in [9.17, 15) is 54.0 Å². The summed E-state index contributed by atoms with van der Waals surface area (Å²) in [6, 6.07) is 18.8. The third-order valence-electron chi connectivity index (χ3n) is 24.0. The number of nitrogens with two attached hydrogens (primary N) is 3. The summed E-state index contributed by atoms with van der Waals surface area (Å²) in [6.07, 6.45) is -1.91. The maximum absolute atomic E-state index is 15.7.